The molecule has 2 rings (SSSR count). The Morgan fingerprint density at radius 3 is 2.67 bits per heavy atom. The van der Waals surface area contributed by atoms with Gasteiger partial charge in [0.25, 0.3) is 5.56 Å². The van der Waals surface area contributed by atoms with E-state index in [4.69, 9.17) is 0 Å². The van der Waals surface area contributed by atoms with E-state index in [-0.39, 0.29) is 16.6 Å². The molecule has 78 valence electrons. The summed E-state index contributed by atoms with van der Waals surface area (Å²) in [5.41, 5.74) is 0.408. The molecule has 0 saturated heterocycles. The Labute approximate surface area is 83.8 Å². The van der Waals surface area contributed by atoms with Crippen molar-refractivity contribution in [3.63, 3.8) is 0 Å². The van der Waals surface area contributed by atoms with E-state index in [9.17, 15) is 13.6 Å². The quantitative estimate of drug-likeness (QED) is 0.779. The molecule has 0 saturated carbocycles. The number of halogens is 2. The maximum Gasteiger partial charge on any atom is 0.270 e. The minimum Gasteiger partial charge on any atom is -0.319 e. The molecular formula is C10H8F2N2O. The second-order valence-electron chi connectivity index (χ2n) is 3.15. The van der Waals surface area contributed by atoms with Crippen LogP contribution < -0.4 is 5.56 Å². The van der Waals surface area contributed by atoms with Crippen LogP contribution in [0.5, 0.6) is 0 Å². The third kappa shape index (κ3) is 1.60. The summed E-state index contributed by atoms with van der Waals surface area (Å²) in [6.45, 7) is 1.77. The first-order valence-electron chi connectivity index (χ1n) is 4.49. The molecule has 0 radical (unpaired) electrons. The van der Waals surface area contributed by atoms with Gasteiger partial charge in [0, 0.05) is 12.1 Å². The van der Waals surface area contributed by atoms with Gasteiger partial charge in [-0.25, -0.2) is 13.8 Å². The normalized spacial score (nSPS) is 10.9. The van der Waals surface area contributed by atoms with Crippen LogP contribution in [0.15, 0.2) is 16.9 Å². The first-order valence-corrected chi connectivity index (χ1v) is 4.49. The molecule has 0 aliphatic heterocycles. The first kappa shape index (κ1) is 9.76. The standard InChI is InChI=1S/C10H8F2N2O/c1-2-7-10(15)14-9-4-6(12)5(11)3-8(9)13-7/h3-4H,2H2,1H3,(H,14,15). The third-order valence-electron chi connectivity index (χ3n) is 2.14. The summed E-state index contributed by atoms with van der Waals surface area (Å²) in [6.07, 6.45) is 0.449. The summed E-state index contributed by atoms with van der Waals surface area (Å²) in [4.78, 5) is 17.7. The number of nitrogens with one attached hydrogen (secondary N) is 1. The zero-order valence-corrected chi connectivity index (χ0v) is 7.97. The van der Waals surface area contributed by atoms with Crippen LogP contribution in [0.4, 0.5) is 8.78 Å². The van der Waals surface area contributed by atoms with E-state index in [0.29, 0.717) is 12.1 Å². The van der Waals surface area contributed by atoms with E-state index in [0.717, 1.165) is 12.1 Å². The Balaban J connectivity index is 2.82. The number of aromatic nitrogens is 2. The van der Waals surface area contributed by atoms with E-state index < -0.39 is 11.6 Å². The molecule has 0 aliphatic carbocycles. The highest BCUT2D eigenvalue weighted by Gasteiger charge is 2.07. The summed E-state index contributed by atoms with van der Waals surface area (Å²) in [5.74, 6) is -1.96. The zero-order chi connectivity index (χ0) is 11.0. The molecule has 0 atom stereocenters. The number of hydrogen-bond donors (Lipinski definition) is 1. The molecule has 0 bridgehead atoms. The fourth-order valence-corrected chi connectivity index (χ4v) is 1.36. The number of aromatic amines is 1. The lowest BCUT2D eigenvalue weighted by Crippen LogP contribution is -2.14. The van der Waals surface area contributed by atoms with Gasteiger partial charge in [-0.2, -0.15) is 0 Å². The van der Waals surface area contributed by atoms with E-state index in [1.807, 2.05) is 0 Å². The molecule has 0 aliphatic rings. The number of fused-ring (bicyclic) bond motifs is 1. The summed E-state index contributed by atoms with van der Waals surface area (Å²) in [6, 6.07) is 1.90. The summed E-state index contributed by atoms with van der Waals surface area (Å²) in [7, 11) is 0. The van der Waals surface area contributed by atoms with E-state index in [1.165, 1.54) is 0 Å². The molecular weight excluding hydrogens is 202 g/mol. The maximum absolute atomic E-state index is 12.9. The van der Waals surface area contributed by atoms with Crippen molar-refractivity contribution in [2.45, 2.75) is 13.3 Å². The van der Waals surface area contributed by atoms with Gasteiger partial charge in [0.2, 0.25) is 0 Å². The number of H-pyrrole nitrogens is 1. The fraction of sp³-hybridized carbons (Fsp3) is 0.200. The number of rotatable bonds is 1. The molecule has 15 heavy (non-hydrogen) atoms. The second-order valence-corrected chi connectivity index (χ2v) is 3.15. The van der Waals surface area contributed by atoms with E-state index in [2.05, 4.69) is 9.97 Å². The van der Waals surface area contributed by atoms with Crippen LogP contribution >= 0.6 is 0 Å². The molecule has 0 unspecified atom stereocenters. The predicted molar refractivity (Wildman–Crippen MR) is 51.7 cm³/mol. The lowest BCUT2D eigenvalue weighted by atomic mass is 10.2. The highest BCUT2D eigenvalue weighted by Crippen LogP contribution is 2.13. The van der Waals surface area contributed by atoms with Gasteiger partial charge in [0.1, 0.15) is 5.69 Å². The molecule has 1 heterocycles. The van der Waals surface area contributed by atoms with Crippen LogP contribution in [-0.4, -0.2) is 9.97 Å². The van der Waals surface area contributed by atoms with Crippen LogP contribution in [0, 0.1) is 11.6 Å². The van der Waals surface area contributed by atoms with Crippen molar-refractivity contribution < 1.29 is 8.78 Å². The minimum absolute atomic E-state index is 0.205. The van der Waals surface area contributed by atoms with Crippen molar-refractivity contribution in [1.29, 1.82) is 0 Å². The Bertz CT molecular complexity index is 577. The van der Waals surface area contributed by atoms with Gasteiger partial charge in [-0.15, -0.1) is 0 Å². The Morgan fingerprint density at radius 2 is 2.00 bits per heavy atom. The number of benzene rings is 1. The van der Waals surface area contributed by atoms with Crippen LogP contribution in [0.2, 0.25) is 0 Å². The van der Waals surface area contributed by atoms with Gasteiger partial charge in [0.05, 0.1) is 11.0 Å². The summed E-state index contributed by atoms with van der Waals surface area (Å²) in [5, 5.41) is 0. The minimum atomic E-state index is -0.996. The second kappa shape index (κ2) is 3.42. The zero-order valence-electron chi connectivity index (χ0n) is 7.97. The molecule has 5 heteroatoms. The van der Waals surface area contributed by atoms with Crippen molar-refractivity contribution >= 4 is 11.0 Å². The molecule has 2 aromatic rings. The number of aryl methyl sites for hydroxylation is 1. The monoisotopic (exact) mass is 210 g/mol. The smallest absolute Gasteiger partial charge is 0.270 e. The van der Waals surface area contributed by atoms with Crippen molar-refractivity contribution in [1.82, 2.24) is 9.97 Å². The molecule has 0 amide bonds. The Hall–Kier alpha value is -1.78. The van der Waals surface area contributed by atoms with Gasteiger partial charge < -0.3 is 4.98 Å². The Morgan fingerprint density at radius 1 is 1.33 bits per heavy atom. The molecule has 1 N–H and O–H groups in total. The highest BCUT2D eigenvalue weighted by atomic mass is 19.2. The number of hydrogen-bond acceptors (Lipinski definition) is 2. The fourth-order valence-electron chi connectivity index (χ4n) is 1.36. The van der Waals surface area contributed by atoms with Gasteiger partial charge in [-0.1, -0.05) is 6.92 Å². The third-order valence-corrected chi connectivity index (χ3v) is 2.14. The summed E-state index contributed by atoms with van der Waals surface area (Å²) < 4.78 is 25.7. The van der Waals surface area contributed by atoms with E-state index in [1.54, 1.807) is 6.92 Å². The maximum atomic E-state index is 12.9. The molecule has 3 nitrogen and oxygen atoms in total. The van der Waals surface area contributed by atoms with Gasteiger partial charge in [-0.05, 0) is 6.42 Å². The lowest BCUT2D eigenvalue weighted by molar-refractivity contribution is 0.510. The van der Waals surface area contributed by atoms with Gasteiger partial charge in [-0.3, -0.25) is 4.79 Å². The summed E-state index contributed by atoms with van der Waals surface area (Å²) >= 11 is 0. The van der Waals surface area contributed by atoms with E-state index >= 15 is 0 Å². The van der Waals surface area contributed by atoms with Gasteiger partial charge in [0.15, 0.2) is 11.6 Å². The predicted octanol–water partition coefficient (Wildman–Crippen LogP) is 1.76. The van der Waals surface area contributed by atoms with Crippen LogP contribution in [0.3, 0.4) is 0 Å². The van der Waals surface area contributed by atoms with Crippen molar-refractivity contribution in [2.24, 2.45) is 0 Å². The average Bonchev–Trinajstić information content (AvgIpc) is 2.20. The topological polar surface area (TPSA) is 45.8 Å². The highest BCUT2D eigenvalue weighted by molar-refractivity contribution is 5.74. The molecule has 1 aromatic carbocycles. The van der Waals surface area contributed by atoms with Crippen LogP contribution in [-0.2, 0) is 6.42 Å². The SMILES string of the molecule is CCc1nc2cc(F)c(F)cc2[nH]c1=O. The van der Waals surface area contributed by atoms with Crippen molar-refractivity contribution in [3.8, 4) is 0 Å². The molecule has 0 fully saturated rings. The molecule has 0 spiro atoms. The van der Waals surface area contributed by atoms with Gasteiger partial charge >= 0.3 is 0 Å². The van der Waals surface area contributed by atoms with Crippen molar-refractivity contribution in [3.05, 3.63) is 39.8 Å². The molecule has 1 aromatic heterocycles. The first-order chi connectivity index (χ1) is 7.11. The Kier molecular flexibility index (Phi) is 2.22. The van der Waals surface area contributed by atoms with Crippen LogP contribution in [0.25, 0.3) is 11.0 Å². The van der Waals surface area contributed by atoms with Crippen molar-refractivity contribution in [2.75, 3.05) is 0 Å². The number of nitrogens with zero attached hydrogens (tertiary/aromatic N) is 1. The average molecular weight is 210 g/mol. The van der Waals surface area contributed by atoms with Crippen LogP contribution in [0.1, 0.15) is 12.6 Å². The lowest BCUT2D eigenvalue weighted by Gasteiger charge is -2.00. The largest absolute Gasteiger partial charge is 0.319 e.